The quantitative estimate of drug-likeness (QED) is 0.499. The summed E-state index contributed by atoms with van der Waals surface area (Å²) in [5, 5.41) is 0. The topological polar surface area (TPSA) is 87.5 Å². The van der Waals surface area contributed by atoms with Crippen molar-refractivity contribution in [2.75, 3.05) is 6.61 Å². The number of esters is 2. The third kappa shape index (κ3) is 3.78. The molecule has 0 bridgehead atoms. The molecule has 0 unspecified atom stereocenters. The number of rotatable bonds is 5. The van der Waals surface area contributed by atoms with Gasteiger partial charge in [-0.3, -0.25) is 4.79 Å². The molecule has 28 heavy (non-hydrogen) atoms. The molecule has 1 heterocycles. The summed E-state index contributed by atoms with van der Waals surface area (Å²) in [4.78, 5) is 40.6. The van der Waals surface area contributed by atoms with Gasteiger partial charge in [0.2, 0.25) is 0 Å². The Bertz CT molecular complexity index is 1100. The summed E-state index contributed by atoms with van der Waals surface area (Å²) in [5.74, 6) is -0.682. The molecule has 0 aliphatic rings. The van der Waals surface area contributed by atoms with Crippen LogP contribution in [0.3, 0.4) is 0 Å². The summed E-state index contributed by atoms with van der Waals surface area (Å²) in [5.41, 5.74) is 2.13. The zero-order valence-corrected chi connectivity index (χ0v) is 15.9. The van der Waals surface area contributed by atoms with Crippen molar-refractivity contribution in [3.63, 3.8) is 0 Å². The van der Waals surface area contributed by atoms with Crippen LogP contribution in [0.2, 0.25) is 0 Å². The van der Waals surface area contributed by atoms with Gasteiger partial charge in [0.25, 0.3) is 5.56 Å². The van der Waals surface area contributed by atoms with Crippen molar-refractivity contribution in [3.05, 3.63) is 69.6 Å². The van der Waals surface area contributed by atoms with Gasteiger partial charge in [-0.1, -0.05) is 0 Å². The molecule has 0 radical (unpaired) electrons. The fraction of sp³-hybridized carbons (Fsp3) is 0.238. The van der Waals surface area contributed by atoms with Crippen LogP contribution in [0.4, 0.5) is 0 Å². The summed E-state index contributed by atoms with van der Waals surface area (Å²) >= 11 is 0. The number of benzene rings is 2. The lowest BCUT2D eigenvalue weighted by Gasteiger charge is -2.10. The van der Waals surface area contributed by atoms with Crippen molar-refractivity contribution >= 4 is 23.0 Å². The van der Waals surface area contributed by atoms with E-state index in [1.165, 1.54) is 24.3 Å². The number of nitrogens with zero attached hydrogens (tertiary/aromatic N) is 2. The largest absolute Gasteiger partial charge is 0.462 e. The van der Waals surface area contributed by atoms with Gasteiger partial charge in [0.15, 0.2) is 0 Å². The molecule has 7 heteroatoms. The van der Waals surface area contributed by atoms with E-state index < -0.39 is 11.9 Å². The summed E-state index contributed by atoms with van der Waals surface area (Å²) in [7, 11) is 0. The average Bonchev–Trinajstić information content (AvgIpc) is 2.69. The molecule has 0 aliphatic carbocycles. The molecule has 144 valence electrons. The molecule has 0 saturated heterocycles. The third-order valence-corrected chi connectivity index (χ3v) is 4.24. The average molecular weight is 380 g/mol. The standard InChI is InChI=1S/C21H20N2O5/c1-4-23-18-11-8-15(12-17(18)22-13(3)19(23)24)21(26)28-16-9-6-14(7-10-16)20(25)27-5-2/h6-12H,4-5H2,1-3H3. The number of carbonyl (C=O) groups is 2. The zero-order valence-electron chi connectivity index (χ0n) is 15.9. The summed E-state index contributed by atoms with van der Waals surface area (Å²) in [6.07, 6.45) is 0. The molecule has 3 rings (SSSR count). The van der Waals surface area contributed by atoms with E-state index in [1.807, 2.05) is 6.92 Å². The van der Waals surface area contributed by atoms with Crippen LogP contribution in [0.1, 0.15) is 40.3 Å². The molecule has 0 spiro atoms. The van der Waals surface area contributed by atoms with E-state index in [-0.39, 0.29) is 12.2 Å². The minimum Gasteiger partial charge on any atom is -0.462 e. The second kappa shape index (κ2) is 8.04. The second-order valence-electron chi connectivity index (χ2n) is 6.08. The van der Waals surface area contributed by atoms with Crippen LogP contribution in [-0.2, 0) is 11.3 Å². The van der Waals surface area contributed by atoms with Crippen LogP contribution in [0.5, 0.6) is 5.75 Å². The van der Waals surface area contributed by atoms with Crippen molar-refractivity contribution in [1.29, 1.82) is 0 Å². The van der Waals surface area contributed by atoms with E-state index in [1.54, 1.807) is 36.6 Å². The Labute approximate surface area is 161 Å². The Hall–Kier alpha value is -3.48. The number of hydrogen-bond donors (Lipinski definition) is 0. The van der Waals surface area contributed by atoms with Gasteiger partial charge in [-0.15, -0.1) is 0 Å². The first-order valence-corrected chi connectivity index (χ1v) is 8.95. The molecule has 0 aliphatic heterocycles. The molecule has 0 amide bonds. The first-order valence-electron chi connectivity index (χ1n) is 8.95. The van der Waals surface area contributed by atoms with Gasteiger partial charge in [-0.2, -0.15) is 0 Å². The fourth-order valence-electron chi connectivity index (χ4n) is 2.85. The predicted octanol–water partition coefficient (Wildman–Crippen LogP) is 3.12. The van der Waals surface area contributed by atoms with Crippen molar-refractivity contribution in [2.24, 2.45) is 0 Å². The Kier molecular flexibility index (Phi) is 5.54. The molecule has 3 aromatic rings. The number of fused-ring (bicyclic) bond motifs is 1. The van der Waals surface area contributed by atoms with Crippen molar-refractivity contribution < 1.29 is 19.1 Å². The van der Waals surface area contributed by atoms with E-state index in [4.69, 9.17) is 9.47 Å². The highest BCUT2D eigenvalue weighted by Gasteiger charge is 2.14. The molecule has 0 atom stereocenters. The highest BCUT2D eigenvalue weighted by atomic mass is 16.5. The molecular formula is C21H20N2O5. The van der Waals surface area contributed by atoms with E-state index >= 15 is 0 Å². The SMILES string of the molecule is CCOC(=O)c1ccc(OC(=O)c2ccc3c(c2)nc(C)c(=O)n3CC)cc1. The number of carbonyl (C=O) groups excluding carboxylic acids is 2. The zero-order chi connectivity index (χ0) is 20.3. The van der Waals surface area contributed by atoms with E-state index in [9.17, 15) is 14.4 Å². The molecule has 2 aromatic carbocycles. The lowest BCUT2D eigenvalue weighted by atomic mass is 10.2. The Morgan fingerprint density at radius 1 is 1.00 bits per heavy atom. The maximum Gasteiger partial charge on any atom is 0.343 e. The number of ether oxygens (including phenoxy) is 2. The summed E-state index contributed by atoms with van der Waals surface area (Å²) < 4.78 is 11.9. The fourth-order valence-corrected chi connectivity index (χ4v) is 2.85. The Morgan fingerprint density at radius 3 is 2.32 bits per heavy atom. The van der Waals surface area contributed by atoms with Gasteiger partial charge in [0, 0.05) is 6.54 Å². The number of aryl methyl sites for hydroxylation is 2. The number of hydrogen-bond acceptors (Lipinski definition) is 6. The van der Waals surface area contributed by atoms with Gasteiger partial charge in [0.05, 0.1) is 28.8 Å². The van der Waals surface area contributed by atoms with Crippen LogP contribution in [0, 0.1) is 6.92 Å². The van der Waals surface area contributed by atoms with E-state index in [0.717, 1.165) is 0 Å². The van der Waals surface area contributed by atoms with Crippen LogP contribution in [-0.4, -0.2) is 28.1 Å². The summed E-state index contributed by atoms with van der Waals surface area (Å²) in [6.45, 7) is 6.05. The van der Waals surface area contributed by atoms with E-state index in [0.29, 0.717) is 40.1 Å². The lowest BCUT2D eigenvalue weighted by Crippen LogP contribution is -2.23. The van der Waals surface area contributed by atoms with Crippen molar-refractivity contribution in [2.45, 2.75) is 27.3 Å². The van der Waals surface area contributed by atoms with E-state index in [2.05, 4.69) is 4.98 Å². The van der Waals surface area contributed by atoms with Crippen LogP contribution in [0.25, 0.3) is 11.0 Å². The third-order valence-electron chi connectivity index (χ3n) is 4.24. The first kappa shape index (κ1) is 19.3. The predicted molar refractivity (Wildman–Crippen MR) is 104 cm³/mol. The Morgan fingerprint density at radius 2 is 1.68 bits per heavy atom. The van der Waals surface area contributed by atoms with Gasteiger partial charge in [-0.25, -0.2) is 14.6 Å². The molecule has 7 nitrogen and oxygen atoms in total. The molecule has 1 aromatic heterocycles. The molecule has 0 saturated carbocycles. The second-order valence-corrected chi connectivity index (χ2v) is 6.08. The highest BCUT2D eigenvalue weighted by molar-refractivity contribution is 5.95. The van der Waals surface area contributed by atoms with Crippen molar-refractivity contribution in [3.8, 4) is 5.75 Å². The van der Waals surface area contributed by atoms with Gasteiger partial charge < -0.3 is 14.0 Å². The maximum absolute atomic E-state index is 12.5. The normalized spacial score (nSPS) is 10.7. The molecule has 0 N–H and O–H groups in total. The molecule has 0 fully saturated rings. The number of aromatic nitrogens is 2. The van der Waals surface area contributed by atoms with Crippen LogP contribution < -0.4 is 10.3 Å². The minimum atomic E-state index is -0.556. The minimum absolute atomic E-state index is 0.146. The monoisotopic (exact) mass is 380 g/mol. The lowest BCUT2D eigenvalue weighted by molar-refractivity contribution is 0.0526. The maximum atomic E-state index is 12.5. The molecular weight excluding hydrogens is 360 g/mol. The highest BCUT2D eigenvalue weighted by Crippen LogP contribution is 2.18. The van der Waals surface area contributed by atoms with Gasteiger partial charge >= 0.3 is 11.9 Å². The Balaban J connectivity index is 1.85. The van der Waals surface area contributed by atoms with Crippen LogP contribution >= 0.6 is 0 Å². The van der Waals surface area contributed by atoms with Gasteiger partial charge in [0.1, 0.15) is 11.4 Å². The summed E-state index contributed by atoms with van der Waals surface area (Å²) in [6, 6.07) is 11.0. The smallest absolute Gasteiger partial charge is 0.343 e. The van der Waals surface area contributed by atoms with Crippen LogP contribution in [0.15, 0.2) is 47.3 Å². The van der Waals surface area contributed by atoms with Gasteiger partial charge in [-0.05, 0) is 63.2 Å². The first-order chi connectivity index (χ1) is 13.4. The van der Waals surface area contributed by atoms with Crippen molar-refractivity contribution in [1.82, 2.24) is 9.55 Å².